The fourth-order valence-electron chi connectivity index (χ4n) is 4.25. The van der Waals surface area contributed by atoms with Gasteiger partial charge in [-0.15, -0.1) is 6.58 Å². The number of amides is 1. The van der Waals surface area contributed by atoms with E-state index in [1.807, 2.05) is 18.2 Å². The highest BCUT2D eigenvalue weighted by molar-refractivity contribution is 5.94. The van der Waals surface area contributed by atoms with Crippen LogP contribution in [0.5, 0.6) is 0 Å². The molecule has 0 saturated carbocycles. The molecule has 0 unspecified atom stereocenters. The van der Waals surface area contributed by atoms with Crippen molar-refractivity contribution in [2.24, 2.45) is 0 Å². The summed E-state index contributed by atoms with van der Waals surface area (Å²) >= 11 is 0. The minimum Gasteiger partial charge on any atom is -0.337 e. The van der Waals surface area contributed by atoms with Crippen LogP contribution in [0.2, 0.25) is 0 Å². The standard InChI is InChI=1S/C20H28N2O/c1-3-13-22-15-6-12-20(22)11-5-14-21(16-20)19(23)18-9-7-17(4-2)8-10-18/h3,7-10H,1,4-6,11-16H2,2H3/t20-/m1/s1. The molecular weight excluding hydrogens is 284 g/mol. The Kier molecular flexibility index (Phi) is 4.86. The molecule has 3 heteroatoms. The first-order chi connectivity index (χ1) is 11.2. The number of nitrogens with zero attached hydrogens (tertiary/aromatic N) is 2. The van der Waals surface area contributed by atoms with E-state index in [2.05, 4.69) is 35.4 Å². The van der Waals surface area contributed by atoms with Crippen LogP contribution in [-0.4, -0.2) is 47.4 Å². The number of aryl methyl sites for hydroxylation is 1. The van der Waals surface area contributed by atoms with Crippen LogP contribution in [0.3, 0.4) is 0 Å². The van der Waals surface area contributed by atoms with Crippen molar-refractivity contribution in [3.8, 4) is 0 Å². The van der Waals surface area contributed by atoms with Gasteiger partial charge in [-0.2, -0.15) is 0 Å². The lowest BCUT2D eigenvalue weighted by molar-refractivity contribution is 0.0367. The Hall–Kier alpha value is -1.61. The monoisotopic (exact) mass is 312 g/mol. The lowest BCUT2D eigenvalue weighted by Crippen LogP contribution is -2.56. The number of likely N-dealkylation sites (tertiary alicyclic amines) is 2. The lowest BCUT2D eigenvalue weighted by atomic mass is 9.86. The first-order valence-electron chi connectivity index (χ1n) is 8.93. The summed E-state index contributed by atoms with van der Waals surface area (Å²) in [5, 5.41) is 0. The van der Waals surface area contributed by atoms with Crippen LogP contribution in [0.1, 0.15) is 48.5 Å². The molecule has 1 atom stereocenters. The summed E-state index contributed by atoms with van der Waals surface area (Å²) in [7, 11) is 0. The minimum absolute atomic E-state index is 0.186. The maximum Gasteiger partial charge on any atom is 0.253 e. The molecule has 2 heterocycles. The van der Waals surface area contributed by atoms with E-state index in [1.165, 1.54) is 24.8 Å². The predicted octanol–water partition coefficient (Wildman–Crippen LogP) is 3.51. The average Bonchev–Trinajstić information content (AvgIpc) is 2.96. The minimum atomic E-state index is 0.186. The molecule has 2 aliphatic heterocycles. The first kappa shape index (κ1) is 16.3. The second-order valence-electron chi connectivity index (χ2n) is 6.94. The number of benzene rings is 1. The maximum absolute atomic E-state index is 12.9. The summed E-state index contributed by atoms with van der Waals surface area (Å²) < 4.78 is 0. The van der Waals surface area contributed by atoms with Crippen LogP contribution < -0.4 is 0 Å². The van der Waals surface area contributed by atoms with Gasteiger partial charge in [0.15, 0.2) is 0 Å². The summed E-state index contributed by atoms with van der Waals surface area (Å²) in [6.45, 7) is 9.87. The number of hydrogen-bond acceptors (Lipinski definition) is 2. The summed E-state index contributed by atoms with van der Waals surface area (Å²) in [5.41, 5.74) is 2.29. The zero-order chi connectivity index (χ0) is 16.3. The van der Waals surface area contributed by atoms with Crippen molar-refractivity contribution in [1.82, 2.24) is 9.80 Å². The summed E-state index contributed by atoms with van der Waals surface area (Å²) in [5.74, 6) is 0.192. The molecule has 0 radical (unpaired) electrons. The van der Waals surface area contributed by atoms with Gasteiger partial charge in [0.1, 0.15) is 0 Å². The molecule has 2 saturated heterocycles. The maximum atomic E-state index is 12.9. The lowest BCUT2D eigenvalue weighted by Gasteiger charge is -2.45. The van der Waals surface area contributed by atoms with Crippen LogP contribution in [0.25, 0.3) is 0 Å². The van der Waals surface area contributed by atoms with Crippen molar-refractivity contribution >= 4 is 5.91 Å². The van der Waals surface area contributed by atoms with Gasteiger partial charge in [-0.05, 0) is 56.3 Å². The van der Waals surface area contributed by atoms with Gasteiger partial charge in [-0.1, -0.05) is 25.1 Å². The molecule has 2 fully saturated rings. The van der Waals surface area contributed by atoms with Gasteiger partial charge >= 0.3 is 0 Å². The Morgan fingerprint density at radius 3 is 2.57 bits per heavy atom. The first-order valence-corrected chi connectivity index (χ1v) is 8.93. The van der Waals surface area contributed by atoms with Crippen molar-refractivity contribution in [3.63, 3.8) is 0 Å². The summed E-state index contributed by atoms with van der Waals surface area (Å²) in [4.78, 5) is 17.5. The van der Waals surface area contributed by atoms with Gasteiger partial charge in [0, 0.05) is 30.7 Å². The van der Waals surface area contributed by atoms with E-state index in [9.17, 15) is 4.79 Å². The molecule has 0 aliphatic carbocycles. The van der Waals surface area contributed by atoms with Crippen LogP contribution in [0.4, 0.5) is 0 Å². The third kappa shape index (κ3) is 3.20. The second-order valence-corrected chi connectivity index (χ2v) is 6.94. The summed E-state index contributed by atoms with van der Waals surface area (Å²) in [6, 6.07) is 8.12. The third-order valence-corrected chi connectivity index (χ3v) is 5.54. The van der Waals surface area contributed by atoms with Gasteiger partial charge in [0.2, 0.25) is 0 Å². The highest BCUT2D eigenvalue weighted by atomic mass is 16.2. The molecule has 2 aliphatic rings. The van der Waals surface area contributed by atoms with E-state index in [0.717, 1.165) is 44.6 Å². The van der Waals surface area contributed by atoms with Gasteiger partial charge in [0.25, 0.3) is 5.91 Å². The molecule has 1 spiro atoms. The third-order valence-electron chi connectivity index (χ3n) is 5.54. The molecule has 0 aromatic heterocycles. The SMILES string of the molecule is C=CCN1CCC[C@@]12CCCN(C(=O)c1ccc(CC)cc1)C2. The van der Waals surface area contributed by atoms with E-state index in [4.69, 9.17) is 0 Å². The second kappa shape index (κ2) is 6.88. The molecule has 1 amide bonds. The Bertz CT molecular complexity index is 566. The van der Waals surface area contributed by atoms with Crippen molar-refractivity contribution in [2.75, 3.05) is 26.2 Å². The Balaban J connectivity index is 1.74. The topological polar surface area (TPSA) is 23.6 Å². The molecule has 0 bridgehead atoms. The van der Waals surface area contributed by atoms with Gasteiger partial charge in [-0.25, -0.2) is 0 Å². The van der Waals surface area contributed by atoms with Crippen LogP contribution in [-0.2, 0) is 6.42 Å². The number of carbonyl (C=O) groups excluding carboxylic acids is 1. The van der Waals surface area contributed by atoms with Crippen LogP contribution in [0, 0.1) is 0 Å². The largest absolute Gasteiger partial charge is 0.337 e. The average molecular weight is 312 g/mol. The van der Waals surface area contributed by atoms with E-state index in [0.29, 0.717) is 0 Å². The zero-order valence-corrected chi connectivity index (χ0v) is 14.3. The number of piperidine rings is 1. The molecule has 3 rings (SSSR count). The smallest absolute Gasteiger partial charge is 0.253 e. The molecule has 124 valence electrons. The van der Waals surface area contributed by atoms with Crippen molar-refractivity contribution in [3.05, 3.63) is 48.0 Å². The Labute approximate surface area is 140 Å². The number of hydrogen-bond donors (Lipinski definition) is 0. The van der Waals surface area contributed by atoms with Gasteiger partial charge in [0.05, 0.1) is 0 Å². The van der Waals surface area contributed by atoms with Gasteiger partial charge < -0.3 is 4.90 Å². The highest BCUT2D eigenvalue weighted by Crippen LogP contribution is 2.37. The Morgan fingerprint density at radius 2 is 1.91 bits per heavy atom. The zero-order valence-electron chi connectivity index (χ0n) is 14.3. The van der Waals surface area contributed by atoms with Crippen molar-refractivity contribution in [2.45, 2.75) is 44.6 Å². The number of carbonyl (C=O) groups is 1. The van der Waals surface area contributed by atoms with E-state index < -0.39 is 0 Å². The van der Waals surface area contributed by atoms with E-state index in [-0.39, 0.29) is 11.4 Å². The molecular formula is C20H28N2O. The van der Waals surface area contributed by atoms with E-state index in [1.54, 1.807) is 0 Å². The Morgan fingerprint density at radius 1 is 1.22 bits per heavy atom. The molecule has 3 nitrogen and oxygen atoms in total. The van der Waals surface area contributed by atoms with Crippen molar-refractivity contribution in [1.29, 1.82) is 0 Å². The number of rotatable bonds is 4. The van der Waals surface area contributed by atoms with Gasteiger partial charge in [-0.3, -0.25) is 9.69 Å². The molecule has 23 heavy (non-hydrogen) atoms. The highest BCUT2D eigenvalue weighted by Gasteiger charge is 2.44. The van der Waals surface area contributed by atoms with Crippen LogP contribution in [0.15, 0.2) is 36.9 Å². The normalized spacial score (nSPS) is 25.0. The van der Waals surface area contributed by atoms with E-state index >= 15 is 0 Å². The fraction of sp³-hybridized carbons (Fsp3) is 0.550. The fourth-order valence-corrected chi connectivity index (χ4v) is 4.25. The molecule has 1 aromatic carbocycles. The quantitative estimate of drug-likeness (QED) is 0.794. The molecule has 1 aromatic rings. The molecule has 0 N–H and O–H groups in total. The van der Waals surface area contributed by atoms with Crippen molar-refractivity contribution < 1.29 is 4.79 Å². The predicted molar refractivity (Wildman–Crippen MR) is 94.7 cm³/mol. The van der Waals surface area contributed by atoms with Crippen LogP contribution >= 0.6 is 0 Å². The summed E-state index contributed by atoms with van der Waals surface area (Å²) in [6.07, 6.45) is 7.77.